The lowest BCUT2D eigenvalue weighted by Gasteiger charge is -2.30. The fourth-order valence-electron chi connectivity index (χ4n) is 3.89. The average molecular weight is 575 g/mol. The molecule has 2 amide bonds. The molecule has 0 radical (unpaired) electrons. The van der Waals surface area contributed by atoms with Gasteiger partial charge in [0.25, 0.3) is 11.8 Å². The monoisotopic (exact) mass is 574 g/mol. The topological polar surface area (TPSA) is 149 Å². The van der Waals surface area contributed by atoms with Crippen molar-refractivity contribution in [1.82, 2.24) is 19.7 Å². The third-order valence-corrected chi connectivity index (χ3v) is 8.07. The van der Waals surface area contributed by atoms with E-state index in [-0.39, 0.29) is 28.5 Å². The van der Waals surface area contributed by atoms with Crippen molar-refractivity contribution >= 4 is 21.8 Å². The van der Waals surface area contributed by atoms with E-state index in [9.17, 15) is 32.7 Å². The SMILES string of the molecule is COc1cc(C(=O)NC(Cc2ccccc2)C(O)CN(CC(=O)N(C)O)S(=O)(=O)c2cc(F)ccc2C)ccn1. The number of hydroxylamine groups is 2. The largest absolute Gasteiger partial charge is 0.481 e. The van der Waals surface area contributed by atoms with Crippen LogP contribution in [0.5, 0.6) is 5.88 Å². The van der Waals surface area contributed by atoms with Crippen LogP contribution in [0.1, 0.15) is 21.5 Å². The van der Waals surface area contributed by atoms with Crippen LogP contribution in [0.15, 0.2) is 71.8 Å². The first-order valence-corrected chi connectivity index (χ1v) is 13.6. The van der Waals surface area contributed by atoms with Crippen molar-refractivity contribution in [2.24, 2.45) is 0 Å². The van der Waals surface area contributed by atoms with Gasteiger partial charge in [0.2, 0.25) is 15.9 Å². The number of aliphatic hydroxyl groups is 1. The molecular weight excluding hydrogens is 543 g/mol. The van der Waals surface area contributed by atoms with E-state index in [1.807, 2.05) is 0 Å². The van der Waals surface area contributed by atoms with E-state index in [1.165, 1.54) is 38.4 Å². The second-order valence-corrected chi connectivity index (χ2v) is 11.0. The zero-order chi connectivity index (χ0) is 29.4. The van der Waals surface area contributed by atoms with Gasteiger partial charge < -0.3 is 15.2 Å². The number of halogens is 1. The van der Waals surface area contributed by atoms with E-state index >= 15 is 0 Å². The number of nitrogens with zero attached hydrogens (tertiary/aromatic N) is 3. The van der Waals surface area contributed by atoms with Gasteiger partial charge in [-0.15, -0.1) is 0 Å². The number of aliphatic hydroxyl groups excluding tert-OH is 1. The van der Waals surface area contributed by atoms with Gasteiger partial charge in [0.15, 0.2) is 0 Å². The highest BCUT2D eigenvalue weighted by atomic mass is 32.2. The lowest BCUT2D eigenvalue weighted by Crippen LogP contribution is -2.52. The number of benzene rings is 2. The molecule has 2 unspecified atom stereocenters. The van der Waals surface area contributed by atoms with Crippen molar-refractivity contribution in [1.29, 1.82) is 0 Å². The second kappa shape index (κ2) is 13.4. The summed E-state index contributed by atoms with van der Waals surface area (Å²) in [6, 6.07) is 13.9. The van der Waals surface area contributed by atoms with Crippen LogP contribution >= 0.6 is 0 Å². The molecule has 3 N–H and O–H groups in total. The molecule has 3 rings (SSSR count). The molecule has 2 aromatic carbocycles. The molecule has 0 aliphatic heterocycles. The van der Waals surface area contributed by atoms with E-state index in [0.717, 1.165) is 24.7 Å². The molecule has 13 heteroatoms. The summed E-state index contributed by atoms with van der Waals surface area (Å²) in [5.74, 6) is -2.18. The Hall–Kier alpha value is -3.91. The number of amides is 2. The molecule has 2 atom stereocenters. The van der Waals surface area contributed by atoms with Gasteiger partial charge in [0.1, 0.15) is 5.82 Å². The summed E-state index contributed by atoms with van der Waals surface area (Å²) in [5.41, 5.74) is 1.14. The molecule has 11 nitrogen and oxygen atoms in total. The molecule has 0 fully saturated rings. The van der Waals surface area contributed by atoms with Crippen molar-refractivity contribution < 1.29 is 37.4 Å². The standard InChI is InChI=1S/C27H31FN4O7S/c1-18-9-10-21(28)15-24(18)40(37,38)32(17-26(34)31(2)36)16-23(33)22(13-19-7-5-4-6-8-19)30-27(35)20-11-12-29-25(14-20)39-3/h4-12,14-15,22-23,33,36H,13,16-17H2,1-3H3,(H,30,35). The maximum Gasteiger partial charge on any atom is 0.260 e. The minimum Gasteiger partial charge on any atom is -0.481 e. The van der Waals surface area contributed by atoms with Gasteiger partial charge in [-0.2, -0.15) is 4.31 Å². The highest BCUT2D eigenvalue weighted by Gasteiger charge is 2.34. The zero-order valence-electron chi connectivity index (χ0n) is 22.2. The van der Waals surface area contributed by atoms with Crippen LogP contribution < -0.4 is 10.1 Å². The Morgan fingerprint density at radius 2 is 1.82 bits per heavy atom. The van der Waals surface area contributed by atoms with Gasteiger partial charge >= 0.3 is 0 Å². The Bertz CT molecular complexity index is 1440. The first-order chi connectivity index (χ1) is 18.9. The van der Waals surface area contributed by atoms with E-state index in [4.69, 9.17) is 4.74 Å². The minimum absolute atomic E-state index is 0.108. The summed E-state index contributed by atoms with van der Waals surface area (Å²) >= 11 is 0. The number of carbonyl (C=O) groups excluding carboxylic acids is 2. The molecule has 0 bridgehead atoms. The Kier molecular flexibility index (Phi) is 10.3. The Morgan fingerprint density at radius 1 is 1.12 bits per heavy atom. The van der Waals surface area contributed by atoms with Crippen molar-refractivity contribution in [3.63, 3.8) is 0 Å². The summed E-state index contributed by atoms with van der Waals surface area (Å²) < 4.78 is 46.9. The number of carbonyl (C=O) groups is 2. The molecule has 214 valence electrons. The number of nitrogens with one attached hydrogen (secondary N) is 1. The Labute approximate surface area is 231 Å². The average Bonchev–Trinajstić information content (AvgIpc) is 2.93. The van der Waals surface area contributed by atoms with Crippen LogP contribution in [0, 0.1) is 12.7 Å². The summed E-state index contributed by atoms with van der Waals surface area (Å²) in [7, 11) is -2.12. The number of sulfonamides is 1. The molecule has 0 spiro atoms. The Balaban J connectivity index is 1.96. The molecule has 3 aromatic rings. The number of hydrogen-bond donors (Lipinski definition) is 3. The normalized spacial score (nSPS) is 13.0. The van der Waals surface area contributed by atoms with E-state index in [2.05, 4.69) is 10.3 Å². The highest BCUT2D eigenvalue weighted by Crippen LogP contribution is 2.22. The maximum absolute atomic E-state index is 14.0. The van der Waals surface area contributed by atoms with Crippen molar-refractivity contribution in [3.05, 3.63) is 89.4 Å². The molecule has 0 saturated carbocycles. The van der Waals surface area contributed by atoms with Crippen LogP contribution in [0.2, 0.25) is 0 Å². The number of methoxy groups -OCH3 is 1. The van der Waals surface area contributed by atoms with Gasteiger partial charge in [-0.1, -0.05) is 36.4 Å². The van der Waals surface area contributed by atoms with Gasteiger partial charge in [-0.05, 0) is 42.7 Å². The van der Waals surface area contributed by atoms with Gasteiger partial charge in [-0.25, -0.2) is 22.9 Å². The zero-order valence-corrected chi connectivity index (χ0v) is 23.0. The van der Waals surface area contributed by atoms with E-state index in [1.54, 1.807) is 30.3 Å². The summed E-state index contributed by atoms with van der Waals surface area (Å²) in [6.45, 7) is -0.0481. The number of aromatic nitrogens is 1. The number of rotatable bonds is 12. The Morgan fingerprint density at radius 3 is 2.48 bits per heavy atom. The fraction of sp³-hybridized carbons (Fsp3) is 0.296. The molecule has 1 heterocycles. The van der Waals surface area contributed by atoms with Crippen molar-refractivity contribution in [3.8, 4) is 5.88 Å². The lowest BCUT2D eigenvalue weighted by atomic mass is 10.0. The third-order valence-electron chi connectivity index (χ3n) is 6.12. The van der Waals surface area contributed by atoms with Gasteiger partial charge in [-0.3, -0.25) is 14.8 Å². The molecule has 0 saturated heterocycles. The number of likely N-dealkylation sites (N-methyl/N-ethyl adjacent to an activating group) is 1. The van der Waals surface area contributed by atoms with E-state index < -0.39 is 57.8 Å². The van der Waals surface area contributed by atoms with Crippen LogP contribution in [0.4, 0.5) is 4.39 Å². The van der Waals surface area contributed by atoms with Gasteiger partial charge in [0.05, 0.1) is 30.7 Å². The van der Waals surface area contributed by atoms with Crippen LogP contribution in [-0.4, -0.2) is 84.3 Å². The van der Waals surface area contributed by atoms with E-state index in [0.29, 0.717) is 4.31 Å². The van der Waals surface area contributed by atoms with Crippen molar-refractivity contribution in [2.45, 2.75) is 30.4 Å². The first-order valence-electron chi connectivity index (χ1n) is 12.2. The van der Waals surface area contributed by atoms with Gasteiger partial charge in [0, 0.05) is 31.4 Å². The summed E-state index contributed by atoms with van der Waals surface area (Å²) in [4.78, 5) is 29.0. The van der Waals surface area contributed by atoms with Crippen LogP contribution in [0.25, 0.3) is 0 Å². The molecule has 0 aliphatic carbocycles. The minimum atomic E-state index is -4.54. The summed E-state index contributed by atoms with van der Waals surface area (Å²) in [6.07, 6.45) is -0.0481. The number of ether oxygens (including phenoxy) is 1. The van der Waals surface area contributed by atoms with Crippen molar-refractivity contribution in [2.75, 3.05) is 27.2 Å². The second-order valence-electron chi connectivity index (χ2n) is 9.05. The first kappa shape index (κ1) is 30.6. The third kappa shape index (κ3) is 7.82. The maximum atomic E-state index is 14.0. The predicted octanol–water partition coefficient (Wildman–Crippen LogP) is 1.78. The number of aryl methyl sites for hydroxylation is 1. The number of pyridine rings is 1. The highest BCUT2D eigenvalue weighted by molar-refractivity contribution is 7.89. The lowest BCUT2D eigenvalue weighted by molar-refractivity contribution is -0.159. The van der Waals surface area contributed by atoms with Crippen LogP contribution in [0.3, 0.4) is 0 Å². The number of hydrogen-bond acceptors (Lipinski definition) is 8. The summed E-state index contributed by atoms with van der Waals surface area (Å²) in [5, 5.41) is 23.8. The quantitative estimate of drug-likeness (QED) is 0.219. The fourth-order valence-corrected chi connectivity index (χ4v) is 5.54. The molecule has 0 aliphatic rings. The molecule has 40 heavy (non-hydrogen) atoms. The smallest absolute Gasteiger partial charge is 0.260 e. The molecular formula is C27H31FN4O7S. The molecule has 1 aromatic heterocycles. The predicted molar refractivity (Wildman–Crippen MR) is 143 cm³/mol. The van der Waals surface area contributed by atoms with Crippen LogP contribution in [-0.2, 0) is 21.2 Å².